The molecule has 0 aromatic heterocycles. The monoisotopic (exact) mass is 481 g/mol. The van der Waals surface area contributed by atoms with E-state index in [1.165, 1.54) is 37.5 Å². The van der Waals surface area contributed by atoms with Gasteiger partial charge in [0.2, 0.25) is 5.91 Å². The third-order valence-corrected chi connectivity index (χ3v) is 5.29. The fourth-order valence-corrected chi connectivity index (χ4v) is 3.63. The number of methoxy groups -OCH3 is 1. The van der Waals surface area contributed by atoms with Crippen molar-refractivity contribution in [3.05, 3.63) is 68.6 Å². The summed E-state index contributed by atoms with van der Waals surface area (Å²) < 4.78 is 43.8. The van der Waals surface area contributed by atoms with Crippen LogP contribution in [0.3, 0.4) is 0 Å². The highest BCUT2D eigenvalue weighted by molar-refractivity contribution is 8.18. The SMILES string of the molecule is COc1ccc(C(F)(F)F)cc1NC(=O)CN1C(=O)S/C(=C\c2ccc([N+](=O)[O-])cc2)C1=O. The zero-order valence-corrected chi connectivity index (χ0v) is 17.5. The van der Waals surface area contributed by atoms with Gasteiger partial charge in [0.15, 0.2) is 0 Å². The van der Waals surface area contributed by atoms with Gasteiger partial charge in [-0.3, -0.25) is 29.4 Å². The number of thioether (sulfide) groups is 1. The van der Waals surface area contributed by atoms with E-state index in [4.69, 9.17) is 4.74 Å². The molecule has 0 radical (unpaired) electrons. The van der Waals surface area contributed by atoms with Crippen LogP contribution in [0.5, 0.6) is 5.75 Å². The van der Waals surface area contributed by atoms with E-state index < -0.39 is 40.3 Å². The van der Waals surface area contributed by atoms with E-state index in [0.717, 1.165) is 12.1 Å². The summed E-state index contributed by atoms with van der Waals surface area (Å²) in [6, 6.07) is 7.73. The summed E-state index contributed by atoms with van der Waals surface area (Å²) in [4.78, 5) is 47.9. The van der Waals surface area contributed by atoms with Crippen LogP contribution in [0.25, 0.3) is 6.08 Å². The van der Waals surface area contributed by atoms with Crippen molar-refractivity contribution in [2.45, 2.75) is 6.18 Å². The summed E-state index contributed by atoms with van der Waals surface area (Å²) in [6.45, 7) is -0.734. The molecule has 0 bridgehead atoms. The molecule has 0 atom stereocenters. The summed E-state index contributed by atoms with van der Waals surface area (Å²) >= 11 is 0.560. The highest BCUT2D eigenvalue weighted by Crippen LogP contribution is 2.35. The van der Waals surface area contributed by atoms with E-state index in [2.05, 4.69) is 5.32 Å². The lowest BCUT2D eigenvalue weighted by atomic mass is 10.1. The minimum absolute atomic E-state index is 0.0155. The molecule has 1 N–H and O–H groups in total. The van der Waals surface area contributed by atoms with Crippen molar-refractivity contribution >= 4 is 46.3 Å². The Balaban J connectivity index is 1.73. The number of benzene rings is 2. The van der Waals surface area contributed by atoms with Crippen molar-refractivity contribution in [1.29, 1.82) is 0 Å². The van der Waals surface area contributed by atoms with Crippen molar-refractivity contribution in [2.75, 3.05) is 19.0 Å². The van der Waals surface area contributed by atoms with Crippen LogP contribution in [0.15, 0.2) is 47.4 Å². The topological polar surface area (TPSA) is 119 Å². The average Bonchev–Trinajstić information content (AvgIpc) is 3.00. The molecule has 3 rings (SSSR count). The van der Waals surface area contributed by atoms with Gasteiger partial charge in [-0.05, 0) is 53.7 Å². The summed E-state index contributed by atoms with van der Waals surface area (Å²) in [6.07, 6.45) is -3.32. The molecule has 2 aromatic carbocycles. The molecule has 0 unspecified atom stereocenters. The smallest absolute Gasteiger partial charge is 0.416 e. The van der Waals surface area contributed by atoms with Gasteiger partial charge in [-0.1, -0.05) is 0 Å². The fourth-order valence-electron chi connectivity index (χ4n) is 2.80. The van der Waals surface area contributed by atoms with Gasteiger partial charge in [-0.2, -0.15) is 13.2 Å². The Kier molecular flexibility index (Phi) is 6.72. The number of nitro groups is 1. The minimum atomic E-state index is -4.65. The van der Waals surface area contributed by atoms with E-state index in [-0.39, 0.29) is 22.0 Å². The van der Waals surface area contributed by atoms with E-state index in [9.17, 15) is 37.7 Å². The van der Waals surface area contributed by atoms with Crippen molar-refractivity contribution in [3.63, 3.8) is 0 Å². The van der Waals surface area contributed by atoms with Gasteiger partial charge >= 0.3 is 6.18 Å². The number of imide groups is 1. The Hall–Kier alpha value is -3.87. The largest absolute Gasteiger partial charge is 0.495 e. The number of nitrogens with zero attached hydrogens (tertiary/aromatic N) is 2. The second-order valence-electron chi connectivity index (χ2n) is 6.58. The van der Waals surface area contributed by atoms with Crippen molar-refractivity contribution in [3.8, 4) is 5.75 Å². The number of carbonyl (C=O) groups excluding carboxylic acids is 3. The number of ether oxygens (including phenoxy) is 1. The molecule has 1 aliphatic rings. The molecule has 0 saturated carbocycles. The minimum Gasteiger partial charge on any atom is -0.495 e. The molecule has 33 heavy (non-hydrogen) atoms. The van der Waals surface area contributed by atoms with Crippen molar-refractivity contribution in [2.24, 2.45) is 0 Å². The highest BCUT2D eigenvalue weighted by atomic mass is 32.2. The first-order valence-corrected chi connectivity index (χ1v) is 9.86. The van der Waals surface area contributed by atoms with Gasteiger partial charge in [0.1, 0.15) is 12.3 Å². The predicted molar refractivity (Wildman–Crippen MR) is 112 cm³/mol. The number of amides is 3. The second-order valence-corrected chi connectivity index (χ2v) is 7.57. The first-order chi connectivity index (χ1) is 15.5. The van der Waals surface area contributed by atoms with Gasteiger partial charge in [0.05, 0.1) is 28.2 Å². The van der Waals surface area contributed by atoms with Crippen molar-refractivity contribution in [1.82, 2.24) is 4.90 Å². The summed E-state index contributed by atoms with van der Waals surface area (Å²) in [5, 5.41) is 12.2. The lowest BCUT2D eigenvalue weighted by Gasteiger charge is -2.16. The number of nitro benzene ring substituents is 1. The molecule has 13 heteroatoms. The van der Waals surface area contributed by atoms with Crippen LogP contribution < -0.4 is 10.1 Å². The van der Waals surface area contributed by atoms with E-state index >= 15 is 0 Å². The Morgan fingerprint density at radius 2 is 1.88 bits per heavy atom. The number of alkyl halides is 3. The number of hydrogen-bond donors (Lipinski definition) is 1. The second kappa shape index (κ2) is 9.32. The van der Waals surface area contributed by atoms with Crippen LogP contribution in [0, 0.1) is 10.1 Å². The van der Waals surface area contributed by atoms with Crippen LogP contribution in [0.1, 0.15) is 11.1 Å². The van der Waals surface area contributed by atoms with Crippen molar-refractivity contribution < 1.29 is 37.2 Å². The Labute approximate surface area is 188 Å². The van der Waals surface area contributed by atoms with Gasteiger partial charge in [0.25, 0.3) is 16.8 Å². The van der Waals surface area contributed by atoms with Gasteiger partial charge in [0, 0.05) is 12.1 Å². The van der Waals surface area contributed by atoms with Crippen LogP contribution in [0.2, 0.25) is 0 Å². The van der Waals surface area contributed by atoms with Gasteiger partial charge in [-0.25, -0.2) is 0 Å². The molecule has 1 saturated heterocycles. The van der Waals surface area contributed by atoms with E-state index in [1.54, 1.807) is 0 Å². The van der Waals surface area contributed by atoms with Crippen LogP contribution in [-0.2, 0) is 15.8 Å². The predicted octanol–water partition coefficient (Wildman–Crippen LogP) is 4.30. The number of carbonyl (C=O) groups is 3. The zero-order chi connectivity index (χ0) is 24.3. The molecular formula is C20H14F3N3O6S. The standard InChI is InChI=1S/C20H14F3N3O6S/c1-32-15-7-4-12(20(21,22)23)9-14(15)24-17(27)10-25-18(28)16(33-19(25)29)8-11-2-5-13(6-3-11)26(30)31/h2-9H,10H2,1H3,(H,24,27)/b16-8-. The molecule has 0 spiro atoms. The first-order valence-electron chi connectivity index (χ1n) is 9.04. The highest BCUT2D eigenvalue weighted by Gasteiger charge is 2.37. The molecule has 3 amide bonds. The molecule has 2 aromatic rings. The number of hydrogen-bond acceptors (Lipinski definition) is 7. The normalized spacial score (nSPS) is 15.2. The zero-order valence-electron chi connectivity index (χ0n) is 16.7. The molecule has 0 aliphatic carbocycles. The first kappa shape index (κ1) is 23.8. The molecule has 9 nitrogen and oxygen atoms in total. The van der Waals surface area contributed by atoms with Gasteiger partial charge < -0.3 is 10.1 Å². The Morgan fingerprint density at radius 3 is 2.45 bits per heavy atom. The number of nitrogens with one attached hydrogen (secondary N) is 1. The maximum absolute atomic E-state index is 13.0. The number of rotatable bonds is 6. The third-order valence-electron chi connectivity index (χ3n) is 4.38. The molecule has 1 heterocycles. The Bertz CT molecular complexity index is 1160. The molecule has 1 fully saturated rings. The fraction of sp³-hybridized carbons (Fsp3) is 0.150. The molecule has 172 valence electrons. The maximum Gasteiger partial charge on any atom is 0.416 e. The summed E-state index contributed by atoms with van der Waals surface area (Å²) in [5.74, 6) is -1.73. The van der Waals surface area contributed by atoms with Crippen LogP contribution in [0.4, 0.5) is 29.3 Å². The quantitative estimate of drug-likeness (QED) is 0.371. The summed E-state index contributed by atoms with van der Waals surface area (Å²) in [7, 11) is 1.21. The third kappa shape index (κ3) is 5.49. The number of non-ortho nitro benzene ring substituents is 1. The summed E-state index contributed by atoms with van der Waals surface area (Å²) in [5.41, 5.74) is -1.02. The van der Waals surface area contributed by atoms with Crippen LogP contribution in [-0.4, -0.2) is 40.5 Å². The number of halogens is 3. The lowest BCUT2D eigenvalue weighted by Crippen LogP contribution is -2.36. The molecule has 1 aliphatic heterocycles. The average molecular weight is 481 g/mol. The van der Waals surface area contributed by atoms with E-state index in [1.807, 2.05) is 0 Å². The Morgan fingerprint density at radius 1 is 1.21 bits per heavy atom. The lowest BCUT2D eigenvalue weighted by molar-refractivity contribution is -0.384. The van der Waals surface area contributed by atoms with Crippen LogP contribution >= 0.6 is 11.8 Å². The molecular weight excluding hydrogens is 467 g/mol. The number of anilines is 1. The van der Waals surface area contributed by atoms with E-state index in [0.29, 0.717) is 28.3 Å². The van der Waals surface area contributed by atoms with Gasteiger partial charge in [-0.15, -0.1) is 0 Å². The maximum atomic E-state index is 13.0.